The second-order valence-electron chi connectivity index (χ2n) is 10.4. The molecule has 0 radical (unpaired) electrons. The van der Waals surface area contributed by atoms with E-state index in [-0.39, 0.29) is 12.5 Å². The second-order valence-corrected chi connectivity index (χ2v) is 10.4. The van der Waals surface area contributed by atoms with Crippen LogP contribution >= 0.6 is 0 Å². The summed E-state index contributed by atoms with van der Waals surface area (Å²) in [4.78, 5) is 16.0. The number of rotatable bonds is 6. The zero-order valence-corrected chi connectivity index (χ0v) is 22.7. The number of nitrogens with one attached hydrogen (secondary N) is 3. The zero-order chi connectivity index (χ0) is 26.4. The fourth-order valence-electron chi connectivity index (χ4n) is 5.56. The number of hydrogen-bond donors (Lipinski definition) is 4. The molecule has 3 aliphatic heterocycles. The van der Waals surface area contributed by atoms with Gasteiger partial charge in [0, 0.05) is 66.3 Å². The van der Waals surface area contributed by atoms with E-state index in [1.165, 1.54) is 0 Å². The first-order chi connectivity index (χ1) is 17.9. The van der Waals surface area contributed by atoms with Crippen LogP contribution in [0.25, 0.3) is 0 Å². The molecule has 1 atom stereocenters. The fraction of sp³-hybridized carbons (Fsp3) is 0.567. The molecule has 3 heterocycles. The summed E-state index contributed by atoms with van der Waals surface area (Å²) < 4.78 is 5.61. The highest BCUT2D eigenvalue weighted by Gasteiger charge is 2.25. The Kier molecular flexibility index (Phi) is 9.31. The summed E-state index contributed by atoms with van der Waals surface area (Å²) in [5, 5.41) is 20.0. The van der Waals surface area contributed by atoms with Crippen LogP contribution in [-0.2, 0) is 4.74 Å². The quantitative estimate of drug-likeness (QED) is 0.444. The molecule has 0 spiro atoms. The van der Waals surface area contributed by atoms with Crippen LogP contribution in [0, 0.1) is 24.7 Å². The summed E-state index contributed by atoms with van der Waals surface area (Å²) in [5.41, 5.74) is 6.21. The first kappa shape index (κ1) is 27.3. The van der Waals surface area contributed by atoms with Crippen LogP contribution in [0.5, 0.6) is 0 Å². The van der Waals surface area contributed by atoms with Crippen molar-refractivity contribution in [2.24, 2.45) is 5.92 Å². The lowest BCUT2D eigenvalue weighted by molar-refractivity contribution is 0.0845. The van der Waals surface area contributed by atoms with Gasteiger partial charge in [0.1, 0.15) is 6.23 Å². The smallest absolute Gasteiger partial charge is 0.251 e. The van der Waals surface area contributed by atoms with Crippen molar-refractivity contribution in [3.63, 3.8) is 0 Å². The molecule has 4 N–H and O–H groups in total. The van der Waals surface area contributed by atoms with Crippen molar-refractivity contribution in [1.29, 1.82) is 0 Å². The highest BCUT2D eigenvalue weighted by Crippen LogP contribution is 2.30. The van der Waals surface area contributed by atoms with Gasteiger partial charge in [-0.05, 0) is 95.8 Å². The molecule has 0 saturated carbocycles. The number of hydrogen-bond acceptors (Lipinski definition) is 6. The average molecular weight is 507 g/mol. The van der Waals surface area contributed by atoms with E-state index in [1.807, 2.05) is 32.9 Å². The minimum atomic E-state index is -0.798. The molecule has 7 nitrogen and oxygen atoms in total. The largest absolute Gasteiger partial charge is 0.381 e. The number of allylic oxidation sites excluding steroid dienone is 3. The van der Waals surface area contributed by atoms with Crippen LogP contribution in [-0.4, -0.2) is 62.7 Å². The molecule has 1 amide bonds. The van der Waals surface area contributed by atoms with E-state index >= 15 is 0 Å². The number of carbonyl (C=O) groups is 1. The van der Waals surface area contributed by atoms with Gasteiger partial charge in [-0.1, -0.05) is 11.8 Å². The molecule has 200 valence electrons. The number of amides is 1. The van der Waals surface area contributed by atoms with Crippen molar-refractivity contribution in [3.05, 3.63) is 51.7 Å². The first-order valence-electron chi connectivity index (χ1n) is 13.7. The average Bonchev–Trinajstić information content (AvgIpc) is 2.89. The Morgan fingerprint density at radius 2 is 1.89 bits per heavy atom. The monoisotopic (exact) mass is 506 g/mol. The van der Waals surface area contributed by atoms with Crippen LogP contribution in [0.15, 0.2) is 35.1 Å². The molecule has 0 aromatic heterocycles. The van der Waals surface area contributed by atoms with Gasteiger partial charge in [-0.3, -0.25) is 4.79 Å². The van der Waals surface area contributed by atoms with Gasteiger partial charge in [0.15, 0.2) is 0 Å². The van der Waals surface area contributed by atoms with Gasteiger partial charge in [-0.15, -0.1) is 0 Å². The maximum absolute atomic E-state index is 13.5. The summed E-state index contributed by atoms with van der Waals surface area (Å²) in [6.45, 7) is 12.8. The maximum Gasteiger partial charge on any atom is 0.251 e. The molecule has 2 saturated heterocycles. The normalized spacial score (nSPS) is 21.0. The van der Waals surface area contributed by atoms with Crippen LogP contribution < -0.4 is 20.9 Å². The van der Waals surface area contributed by atoms with Crippen LogP contribution in [0.3, 0.4) is 0 Å². The fourth-order valence-corrected chi connectivity index (χ4v) is 5.56. The number of ether oxygens (including phenoxy) is 1. The van der Waals surface area contributed by atoms with Gasteiger partial charge in [0.05, 0.1) is 0 Å². The van der Waals surface area contributed by atoms with Crippen molar-refractivity contribution >= 4 is 11.6 Å². The molecule has 0 bridgehead atoms. The zero-order valence-electron chi connectivity index (χ0n) is 22.7. The predicted molar refractivity (Wildman–Crippen MR) is 148 cm³/mol. The van der Waals surface area contributed by atoms with Crippen molar-refractivity contribution in [2.75, 3.05) is 44.3 Å². The SMILES string of the molecule is CCN(c1cc(C#CC2CCNCC2)cc(C(=O)NCC2=C(C)C=C(C)NC2O)c1C)C1CCOCC1. The van der Waals surface area contributed by atoms with Crippen molar-refractivity contribution in [1.82, 2.24) is 16.0 Å². The van der Waals surface area contributed by atoms with E-state index in [0.29, 0.717) is 17.5 Å². The Hall–Kier alpha value is -2.79. The minimum Gasteiger partial charge on any atom is -0.381 e. The van der Waals surface area contributed by atoms with E-state index in [2.05, 4.69) is 45.7 Å². The molecular formula is C30H42N4O3. The highest BCUT2D eigenvalue weighted by atomic mass is 16.5. The summed E-state index contributed by atoms with van der Waals surface area (Å²) >= 11 is 0. The van der Waals surface area contributed by atoms with Gasteiger partial charge in [-0.25, -0.2) is 0 Å². The summed E-state index contributed by atoms with van der Waals surface area (Å²) in [6, 6.07) is 4.47. The first-order valence-corrected chi connectivity index (χ1v) is 13.7. The van der Waals surface area contributed by atoms with Crippen molar-refractivity contribution in [2.45, 2.75) is 65.6 Å². The summed E-state index contributed by atoms with van der Waals surface area (Å²) in [7, 11) is 0. The molecule has 1 aromatic carbocycles. The molecule has 2 fully saturated rings. The highest BCUT2D eigenvalue weighted by molar-refractivity contribution is 5.98. The number of anilines is 1. The molecule has 37 heavy (non-hydrogen) atoms. The maximum atomic E-state index is 13.5. The number of aliphatic hydroxyl groups excluding tert-OH is 1. The van der Waals surface area contributed by atoms with Crippen LogP contribution in [0.4, 0.5) is 5.69 Å². The molecular weight excluding hydrogens is 464 g/mol. The third kappa shape index (κ3) is 6.75. The van der Waals surface area contributed by atoms with Crippen LogP contribution in [0.2, 0.25) is 0 Å². The lowest BCUT2D eigenvalue weighted by atomic mass is 9.96. The summed E-state index contributed by atoms with van der Waals surface area (Å²) in [5.74, 6) is 7.11. The van der Waals surface area contributed by atoms with Gasteiger partial charge < -0.3 is 30.7 Å². The Morgan fingerprint density at radius 1 is 1.16 bits per heavy atom. The number of dihydropyridines is 1. The summed E-state index contributed by atoms with van der Waals surface area (Å²) in [6.07, 6.45) is 5.26. The molecule has 4 rings (SSSR count). The van der Waals surface area contributed by atoms with Gasteiger partial charge >= 0.3 is 0 Å². The minimum absolute atomic E-state index is 0.147. The Morgan fingerprint density at radius 3 is 2.57 bits per heavy atom. The lowest BCUT2D eigenvalue weighted by Crippen LogP contribution is -2.40. The molecule has 3 aliphatic rings. The Balaban J connectivity index is 1.64. The number of carbonyl (C=O) groups excluding carboxylic acids is 1. The number of piperidine rings is 1. The Bertz CT molecular complexity index is 1100. The van der Waals surface area contributed by atoms with Gasteiger partial charge in [0.25, 0.3) is 5.91 Å². The lowest BCUT2D eigenvalue weighted by Gasteiger charge is -2.36. The van der Waals surface area contributed by atoms with Crippen molar-refractivity contribution in [3.8, 4) is 11.8 Å². The van der Waals surface area contributed by atoms with Crippen LogP contribution in [0.1, 0.15) is 67.9 Å². The molecule has 0 aliphatic carbocycles. The van der Waals surface area contributed by atoms with Gasteiger partial charge in [0.2, 0.25) is 0 Å². The van der Waals surface area contributed by atoms with Gasteiger partial charge in [-0.2, -0.15) is 0 Å². The van der Waals surface area contributed by atoms with E-state index in [0.717, 1.165) is 92.2 Å². The third-order valence-corrected chi connectivity index (χ3v) is 7.74. The van der Waals surface area contributed by atoms with E-state index < -0.39 is 6.23 Å². The molecule has 7 heteroatoms. The number of nitrogens with zero attached hydrogens (tertiary/aromatic N) is 1. The standard InChI is InChI=1S/C30H42N4O3/c1-5-34(25-10-14-37-15-11-25)28-18-24(7-6-23-8-12-31-13-9-23)17-26(22(28)4)29(35)32-19-27-20(2)16-21(3)33-30(27)36/h16-18,23,25,30-31,33,36H,5,8-15,19H2,1-4H3,(H,32,35). The predicted octanol–water partition coefficient (Wildman–Crippen LogP) is 3.22. The van der Waals surface area contributed by atoms with E-state index in [9.17, 15) is 9.90 Å². The number of benzene rings is 1. The third-order valence-electron chi connectivity index (χ3n) is 7.74. The van der Waals surface area contributed by atoms with Crippen molar-refractivity contribution < 1.29 is 14.6 Å². The number of aliphatic hydroxyl groups is 1. The molecule has 1 unspecified atom stereocenters. The molecule has 1 aromatic rings. The van der Waals surface area contributed by atoms with E-state index in [4.69, 9.17) is 4.74 Å². The second kappa shape index (κ2) is 12.6. The Labute approximate surface area is 221 Å². The van der Waals surface area contributed by atoms with E-state index in [1.54, 1.807) is 0 Å². The topological polar surface area (TPSA) is 85.9 Å².